The standard InChI is InChI=1S/C32H35BrN2O2/c1-34(2)18-16-32(36,28-11-8-12-29-26(28)15-17-35(29)3)31(22-9-6-5-7-10-22)27-20-24-19-25(33)14-13-23(24)21-30(27)37-4/h5-14,19-21,31,36H,15-18H2,1-4H3/t31-,32-/m1/s1. The molecule has 0 bridgehead atoms. The lowest BCUT2D eigenvalue weighted by Gasteiger charge is -2.40. The normalized spacial score (nSPS) is 15.6. The Balaban J connectivity index is 1.81. The topological polar surface area (TPSA) is 35.9 Å². The Morgan fingerprint density at radius 1 is 1.00 bits per heavy atom. The zero-order valence-electron chi connectivity index (χ0n) is 22.0. The van der Waals surface area contributed by atoms with E-state index in [9.17, 15) is 5.11 Å². The maximum absolute atomic E-state index is 13.1. The molecular weight excluding hydrogens is 524 g/mol. The van der Waals surface area contributed by atoms with E-state index in [2.05, 4.69) is 114 Å². The van der Waals surface area contributed by atoms with Crippen molar-refractivity contribution in [3.63, 3.8) is 0 Å². The molecule has 1 heterocycles. The summed E-state index contributed by atoms with van der Waals surface area (Å²) in [6.07, 6.45) is 1.51. The van der Waals surface area contributed by atoms with Crippen LogP contribution in [0, 0.1) is 0 Å². The molecule has 0 spiro atoms. The Kier molecular flexibility index (Phi) is 7.30. The van der Waals surface area contributed by atoms with Gasteiger partial charge >= 0.3 is 0 Å². The summed E-state index contributed by atoms with van der Waals surface area (Å²) in [4.78, 5) is 4.44. The lowest BCUT2D eigenvalue weighted by Crippen LogP contribution is -2.38. The fourth-order valence-electron chi connectivity index (χ4n) is 5.85. The minimum atomic E-state index is -1.16. The third-order valence-electron chi connectivity index (χ3n) is 7.74. The first-order valence-electron chi connectivity index (χ1n) is 12.8. The van der Waals surface area contributed by atoms with Crippen molar-refractivity contribution in [3.05, 3.63) is 106 Å². The lowest BCUT2D eigenvalue weighted by atomic mass is 9.70. The van der Waals surface area contributed by atoms with E-state index in [-0.39, 0.29) is 5.92 Å². The molecule has 4 nitrogen and oxygen atoms in total. The Morgan fingerprint density at radius 2 is 1.78 bits per heavy atom. The number of nitrogens with zero attached hydrogens (tertiary/aromatic N) is 2. The number of hydrogen-bond donors (Lipinski definition) is 1. The number of methoxy groups -OCH3 is 1. The van der Waals surface area contributed by atoms with Crippen molar-refractivity contribution in [3.8, 4) is 5.75 Å². The number of hydrogen-bond acceptors (Lipinski definition) is 4. The van der Waals surface area contributed by atoms with Crippen LogP contribution in [0.2, 0.25) is 0 Å². The molecule has 0 saturated carbocycles. The highest BCUT2D eigenvalue weighted by atomic mass is 79.9. The second-order valence-corrected chi connectivity index (χ2v) is 11.3. The van der Waals surface area contributed by atoms with Gasteiger partial charge in [-0.15, -0.1) is 0 Å². The molecule has 0 unspecified atom stereocenters. The zero-order chi connectivity index (χ0) is 26.2. The summed E-state index contributed by atoms with van der Waals surface area (Å²) in [5.41, 5.74) is 4.37. The molecule has 5 rings (SSSR count). The molecule has 4 aromatic carbocycles. The van der Waals surface area contributed by atoms with Crippen molar-refractivity contribution in [2.45, 2.75) is 24.4 Å². The van der Waals surface area contributed by atoms with Gasteiger partial charge < -0.3 is 19.6 Å². The summed E-state index contributed by atoms with van der Waals surface area (Å²) in [5.74, 6) is 0.459. The molecule has 0 fully saturated rings. The van der Waals surface area contributed by atoms with Crippen molar-refractivity contribution >= 4 is 32.4 Å². The van der Waals surface area contributed by atoms with E-state index < -0.39 is 5.60 Å². The number of likely N-dealkylation sites (N-methyl/N-ethyl adjacent to an activating group) is 1. The Bertz CT molecular complexity index is 1410. The number of anilines is 1. The van der Waals surface area contributed by atoms with Gasteiger partial charge in [0.1, 0.15) is 11.4 Å². The van der Waals surface area contributed by atoms with Crippen LogP contribution >= 0.6 is 15.9 Å². The third-order valence-corrected chi connectivity index (χ3v) is 8.23. The van der Waals surface area contributed by atoms with Crippen LogP contribution in [0.4, 0.5) is 5.69 Å². The number of benzene rings is 4. The molecule has 192 valence electrons. The maximum atomic E-state index is 13.1. The predicted molar refractivity (Wildman–Crippen MR) is 157 cm³/mol. The quantitative estimate of drug-likeness (QED) is 0.265. The molecule has 0 amide bonds. The van der Waals surface area contributed by atoms with Crippen LogP contribution in [-0.4, -0.2) is 51.3 Å². The van der Waals surface area contributed by atoms with E-state index in [1.54, 1.807) is 7.11 Å². The van der Waals surface area contributed by atoms with Crippen molar-refractivity contribution in [2.24, 2.45) is 0 Å². The van der Waals surface area contributed by atoms with Gasteiger partial charge in [0.15, 0.2) is 0 Å². The number of aliphatic hydroxyl groups is 1. The maximum Gasteiger partial charge on any atom is 0.123 e. The van der Waals surface area contributed by atoms with Crippen LogP contribution < -0.4 is 9.64 Å². The minimum absolute atomic E-state index is 0.329. The van der Waals surface area contributed by atoms with Crippen molar-refractivity contribution in [1.82, 2.24) is 4.90 Å². The molecule has 1 aliphatic heterocycles. The Hall–Kier alpha value is -2.86. The monoisotopic (exact) mass is 558 g/mol. The Morgan fingerprint density at radius 3 is 2.51 bits per heavy atom. The van der Waals surface area contributed by atoms with Crippen LogP contribution in [0.1, 0.15) is 34.6 Å². The summed E-state index contributed by atoms with van der Waals surface area (Å²) in [7, 11) is 7.98. The van der Waals surface area contributed by atoms with Gasteiger partial charge in [-0.2, -0.15) is 0 Å². The molecule has 0 aliphatic carbocycles. The summed E-state index contributed by atoms with van der Waals surface area (Å²) >= 11 is 3.64. The smallest absolute Gasteiger partial charge is 0.123 e. The lowest BCUT2D eigenvalue weighted by molar-refractivity contribution is 0.00332. The van der Waals surface area contributed by atoms with Crippen molar-refractivity contribution < 1.29 is 9.84 Å². The molecule has 4 aromatic rings. The van der Waals surface area contributed by atoms with E-state index >= 15 is 0 Å². The van der Waals surface area contributed by atoms with Gasteiger partial charge in [-0.3, -0.25) is 0 Å². The molecule has 5 heteroatoms. The van der Waals surface area contributed by atoms with Gasteiger partial charge in [-0.1, -0.05) is 64.5 Å². The van der Waals surface area contributed by atoms with Gasteiger partial charge in [0.2, 0.25) is 0 Å². The summed E-state index contributed by atoms with van der Waals surface area (Å²) in [6.45, 7) is 1.71. The van der Waals surface area contributed by atoms with Gasteiger partial charge in [0.25, 0.3) is 0 Å². The van der Waals surface area contributed by atoms with E-state index in [4.69, 9.17) is 4.74 Å². The first-order chi connectivity index (χ1) is 17.8. The molecule has 0 radical (unpaired) electrons. The SMILES string of the molecule is COc1cc2ccc(Br)cc2cc1[C@@H](c1ccccc1)[C@@](O)(CCN(C)C)c1cccc2c1CCN2C. The predicted octanol–water partition coefficient (Wildman–Crippen LogP) is 6.57. The number of ether oxygens (including phenoxy) is 1. The first kappa shape index (κ1) is 25.8. The average molecular weight is 560 g/mol. The third kappa shape index (κ3) is 4.88. The average Bonchev–Trinajstić information content (AvgIpc) is 3.28. The fourth-order valence-corrected chi connectivity index (χ4v) is 6.23. The summed E-state index contributed by atoms with van der Waals surface area (Å²) in [6, 6.07) is 27.4. The van der Waals surface area contributed by atoms with Gasteiger partial charge in [0, 0.05) is 41.8 Å². The van der Waals surface area contributed by atoms with Crippen LogP contribution in [0.5, 0.6) is 5.75 Å². The van der Waals surface area contributed by atoms with Crippen molar-refractivity contribution in [1.29, 1.82) is 0 Å². The second kappa shape index (κ2) is 10.5. The van der Waals surface area contributed by atoms with E-state index in [0.29, 0.717) is 6.42 Å². The summed E-state index contributed by atoms with van der Waals surface area (Å²) in [5, 5.41) is 15.3. The number of fused-ring (bicyclic) bond motifs is 2. The van der Waals surface area contributed by atoms with Gasteiger partial charge in [-0.05, 0) is 84.7 Å². The van der Waals surface area contributed by atoms with Gasteiger partial charge in [0.05, 0.1) is 7.11 Å². The molecule has 1 aliphatic rings. The number of halogens is 1. The van der Waals surface area contributed by atoms with Crippen molar-refractivity contribution in [2.75, 3.05) is 46.2 Å². The highest BCUT2D eigenvalue weighted by Gasteiger charge is 2.44. The Labute approximate surface area is 228 Å². The van der Waals surface area contributed by atoms with E-state index in [0.717, 1.165) is 57.2 Å². The van der Waals surface area contributed by atoms with E-state index in [1.165, 1.54) is 11.3 Å². The molecule has 0 saturated heterocycles. The van der Waals surface area contributed by atoms with E-state index in [1.807, 2.05) is 12.1 Å². The zero-order valence-corrected chi connectivity index (χ0v) is 23.6. The van der Waals surface area contributed by atoms with Crippen LogP contribution in [0.3, 0.4) is 0 Å². The van der Waals surface area contributed by atoms with Crippen LogP contribution in [0.15, 0.2) is 83.3 Å². The highest BCUT2D eigenvalue weighted by Crippen LogP contribution is 2.50. The molecule has 0 aromatic heterocycles. The largest absolute Gasteiger partial charge is 0.496 e. The number of rotatable bonds is 8. The first-order valence-corrected chi connectivity index (χ1v) is 13.6. The highest BCUT2D eigenvalue weighted by molar-refractivity contribution is 9.10. The molecular formula is C32H35BrN2O2. The second-order valence-electron chi connectivity index (χ2n) is 10.4. The van der Waals surface area contributed by atoms with Gasteiger partial charge in [-0.25, -0.2) is 0 Å². The minimum Gasteiger partial charge on any atom is -0.496 e. The summed E-state index contributed by atoms with van der Waals surface area (Å²) < 4.78 is 7.04. The fraction of sp³-hybridized carbons (Fsp3) is 0.312. The van der Waals surface area contributed by atoms with Crippen LogP contribution in [-0.2, 0) is 12.0 Å². The molecule has 2 atom stereocenters. The van der Waals surface area contributed by atoms with Crippen LogP contribution in [0.25, 0.3) is 10.8 Å². The molecule has 37 heavy (non-hydrogen) atoms. The molecule has 1 N–H and O–H groups in total.